The first-order chi connectivity index (χ1) is 7.20. The van der Waals surface area contributed by atoms with Crippen LogP contribution in [0.3, 0.4) is 0 Å². The largest absolute Gasteiger partial charge is 0.487 e. The van der Waals surface area contributed by atoms with Crippen molar-refractivity contribution >= 4 is 5.69 Å². The van der Waals surface area contributed by atoms with Gasteiger partial charge in [0.15, 0.2) is 5.75 Å². The van der Waals surface area contributed by atoms with Gasteiger partial charge in [-0.15, -0.1) is 0 Å². The maximum Gasteiger partial charge on any atom is 0.318 e. The van der Waals surface area contributed by atoms with E-state index in [0.717, 1.165) is 6.42 Å². The van der Waals surface area contributed by atoms with Crippen LogP contribution in [0.2, 0.25) is 0 Å². The van der Waals surface area contributed by atoms with Crippen molar-refractivity contribution in [2.75, 3.05) is 6.61 Å². The molecule has 4 nitrogen and oxygen atoms in total. The van der Waals surface area contributed by atoms with E-state index in [4.69, 9.17) is 4.74 Å². The average Bonchev–Trinajstić information content (AvgIpc) is 2.25. The normalized spacial score (nSPS) is 9.67. The molecule has 0 fully saturated rings. The molecule has 0 heterocycles. The molecule has 0 aliphatic rings. The van der Waals surface area contributed by atoms with Crippen molar-refractivity contribution in [3.63, 3.8) is 0 Å². The van der Waals surface area contributed by atoms with Crippen molar-refractivity contribution in [3.05, 3.63) is 46.5 Å². The Hall–Kier alpha value is -1.84. The van der Waals surface area contributed by atoms with Crippen molar-refractivity contribution in [2.24, 2.45) is 0 Å². The molecule has 1 aromatic carbocycles. The molecule has 0 spiro atoms. The predicted molar refractivity (Wildman–Crippen MR) is 56.9 cm³/mol. The standard InChI is InChI=1S/C11H12NO3/c1-3-8-15-10-7-5-6-9(4-2)11(10)12(13)14/h5-7H,2-3,8H2,1H3. The lowest BCUT2D eigenvalue weighted by atomic mass is 10.1. The Labute approximate surface area is 88.3 Å². The highest BCUT2D eigenvalue weighted by atomic mass is 16.6. The van der Waals surface area contributed by atoms with Gasteiger partial charge in [-0.3, -0.25) is 10.1 Å². The van der Waals surface area contributed by atoms with E-state index in [1.807, 2.05) is 6.92 Å². The highest BCUT2D eigenvalue weighted by Gasteiger charge is 2.18. The monoisotopic (exact) mass is 206 g/mol. The summed E-state index contributed by atoms with van der Waals surface area (Å²) in [5, 5.41) is 10.8. The zero-order valence-electron chi connectivity index (χ0n) is 8.53. The van der Waals surface area contributed by atoms with Crippen LogP contribution in [0, 0.1) is 16.2 Å². The molecule has 0 aliphatic heterocycles. The van der Waals surface area contributed by atoms with Gasteiger partial charge >= 0.3 is 5.69 Å². The third-order valence-electron chi connectivity index (χ3n) is 1.83. The lowest BCUT2D eigenvalue weighted by Gasteiger charge is -2.06. The third-order valence-corrected chi connectivity index (χ3v) is 1.83. The van der Waals surface area contributed by atoms with E-state index in [1.54, 1.807) is 18.2 Å². The van der Waals surface area contributed by atoms with Crippen LogP contribution in [0.4, 0.5) is 5.69 Å². The first-order valence-corrected chi connectivity index (χ1v) is 4.64. The van der Waals surface area contributed by atoms with E-state index < -0.39 is 4.92 Å². The van der Waals surface area contributed by atoms with Crippen LogP contribution in [0.15, 0.2) is 24.8 Å². The fourth-order valence-corrected chi connectivity index (χ4v) is 1.18. The van der Waals surface area contributed by atoms with Crippen LogP contribution < -0.4 is 4.74 Å². The van der Waals surface area contributed by atoms with Crippen LogP contribution in [0.5, 0.6) is 5.75 Å². The quantitative estimate of drug-likeness (QED) is 0.549. The first kappa shape index (κ1) is 11.2. The lowest BCUT2D eigenvalue weighted by Crippen LogP contribution is -2.00. The molecule has 15 heavy (non-hydrogen) atoms. The molecule has 0 N–H and O–H groups in total. The number of hydrogen-bond acceptors (Lipinski definition) is 3. The molecule has 0 saturated heterocycles. The molecule has 0 aromatic heterocycles. The number of nitro benzene ring substituents is 1. The maximum absolute atomic E-state index is 10.8. The van der Waals surface area contributed by atoms with E-state index >= 15 is 0 Å². The molecule has 1 aromatic rings. The highest BCUT2D eigenvalue weighted by molar-refractivity contribution is 5.54. The van der Waals surface area contributed by atoms with Gasteiger partial charge in [0, 0.05) is 0 Å². The third kappa shape index (κ3) is 2.56. The Morgan fingerprint density at radius 2 is 2.33 bits per heavy atom. The van der Waals surface area contributed by atoms with Gasteiger partial charge < -0.3 is 4.74 Å². The summed E-state index contributed by atoms with van der Waals surface area (Å²) in [6.45, 7) is 5.81. The SMILES string of the molecule is C=[C]c1cccc(OCCC)c1[N+](=O)[O-]. The summed E-state index contributed by atoms with van der Waals surface area (Å²) in [4.78, 5) is 10.3. The summed E-state index contributed by atoms with van der Waals surface area (Å²) in [6, 6.07) is 4.85. The Morgan fingerprint density at radius 3 is 2.87 bits per heavy atom. The number of nitrogens with zero attached hydrogens (tertiary/aromatic N) is 1. The number of para-hydroxylation sites is 1. The summed E-state index contributed by atoms with van der Waals surface area (Å²) in [5.41, 5.74) is 0.287. The molecular formula is C11H12NO3. The van der Waals surface area contributed by atoms with Gasteiger partial charge in [-0.05, 0) is 24.6 Å². The molecule has 1 rings (SSSR count). The van der Waals surface area contributed by atoms with E-state index in [9.17, 15) is 10.1 Å². The summed E-state index contributed by atoms with van der Waals surface area (Å²) in [5.74, 6) is 0.274. The van der Waals surface area contributed by atoms with Crippen molar-refractivity contribution in [2.45, 2.75) is 13.3 Å². The summed E-state index contributed by atoms with van der Waals surface area (Å²) >= 11 is 0. The minimum Gasteiger partial charge on any atom is -0.487 e. The van der Waals surface area contributed by atoms with Gasteiger partial charge in [0.2, 0.25) is 0 Å². The number of nitro groups is 1. The maximum atomic E-state index is 10.8. The molecule has 79 valence electrons. The van der Waals surface area contributed by atoms with Crippen LogP contribution in [-0.4, -0.2) is 11.5 Å². The molecule has 0 aliphatic carbocycles. The van der Waals surface area contributed by atoms with Crippen molar-refractivity contribution in [1.29, 1.82) is 0 Å². The minimum atomic E-state index is -0.474. The number of rotatable bonds is 5. The van der Waals surface area contributed by atoms with Crippen LogP contribution in [0.25, 0.3) is 0 Å². The molecule has 0 unspecified atom stereocenters. The molecule has 0 atom stereocenters. The van der Waals surface area contributed by atoms with E-state index in [2.05, 4.69) is 12.7 Å². The number of benzene rings is 1. The van der Waals surface area contributed by atoms with Gasteiger partial charge in [-0.1, -0.05) is 19.6 Å². The summed E-state index contributed by atoms with van der Waals surface area (Å²) < 4.78 is 5.28. The van der Waals surface area contributed by atoms with Crippen molar-refractivity contribution < 1.29 is 9.66 Å². The zero-order valence-corrected chi connectivity index (χ0v) is 8.53. The molecular weight excluding hydrogens is 194 g/mol. The second-order valence-electron chi connectivity index (χ2n) is 2.93. The Bertz CT molecular complexity index is 374. The minimum absolute atomic E-state index is 0.0686. The second-order valence-corrected chi connectivity index (χ2v) is 2.93. The van der Waals surface area contributed by atoms with E-state index in [0.29, 0.717) is 12.2 Å². The van der Waals surface area contributed by atoms with Crippen LogP contribution in [0.1, 0.15) is 18.9 Å². The van der Waals surface area contributed by atoms with E-state index in [-0.39, 0.29) is 11.4 Å². The van der Waals surface area contributed by atoms with Crippen molar-refractivity contribution in [3.8, 4) is 5.75 Å². The average molecular weight is 206 g/mol. The first-order valence-electron chi connectivity index (χ1n) is 4.64. The van der Waals surface area contributed by atoms with Gasteiger partial charge in [0.1, 0.15) is 0 Å². The van der Waals surface area contributed by atoms with Gasteiger partial charge in [0.25, 0.3) is 0 Å². The lowest BCUT2D eigenvalue weighted by molar-refractivity contribution is -0.386. The fraction of sp³-hybridized carbons (Fsp3) is 0.273. The molecule has 0 bridgehead atoms. The Kier molecular flexibility index (Phi) is 3.85. The fourth-order valence-electron chi connectivity index (χ4n) is 1.18. The smallest absolute Gasteiger partial charge is 0.318 e. The van der Waals surface area contributed by atoms with Gasteiger partial charge in [-0.2, -0.15) is 0 Å². The van der Waals surface area contributed by atoms with Crippen LogP contribution in [-0.2, 0) is 0 Å². The highest BCUT2D eigenvalue weighted by Crippen LogP contribution is 2.30. The summed E-state index contributed by atoms with van der Waals surface area (Å²) in [7, 11) is 0. The molecule has 4 heteroatoms. The predicted octanol–water partition coefficient (Wildman–Crippen LogP) is 2.72. The molecule has 0 amide bonds. The topological polar surface area (TPSA) is 52.4 Å². The summed E-state index contributed by atoms with van der Waals surface area (Å²) in [6.07, 6.45) is 3.33. The second kappa shape index (κ2) is 5.14. The zero-order chi connectivity index (χ0) is 11.3. The van der Waals surface area contributed by atoms with Gasteiger partial charge in [0.05, 0.1) is 17.1 Å². The number of ether oxygens (including phenoxy) is 1. The molecule has 0 saturated carbocycles. The van der Waals surface area contributed by atoms with Gasteiger partial charge in [-0.25, -0.2) is 0 Å². The number of hydrogen-bond donors (Lipinski definition) is 0. The van der Waals surface area contributed by atoms with Crippen LogP contribution >= 0.6 is 0 Å². The Morgan fingerprint density at radius 1 is 1.60 bits per heavy atom. The molecule has 1 radical (unpaired) electrons. The van der Waals surface area contributed by atoms with E-state index in [1.165, 1.54) is 0 Å². The van der Waals surface area contributed by atoms with Crippen molar-refractivity contribution in [1.82, 2.24) is 0 Å². The Balaban J connectivity index is 3.13.